The molecule has 1 saturated carbocycles. The van der Waals surface area contributed by atoms with Gasteiger partial charge in [-0.05, 0) is 42.7 Å². The molecule has 1 aliphatic carbocycles. The molecule has 106 valence electrons. The molecule has 0 aromatic heterocycles. The SMILES string of the molecule is COc1cc(Br)ccc1C(N)C1CCC(C)C(C)C1. The highest BCUT2D eigenvalue weighted by Crippen LogP contribution is 2.41. The van der Waals surface area contributed by atoms with Crippen molar-refractivity contribution in [1.29, 1.82) is 0 Å². The van der Waals surface area contributed by atoms with E-state index < -0.39 is 0 Å². The van der Waals surface area contributed by atoms with Crippen molar-refractivity contribution >= 4 is 15.9 Å². The van der Waals surface area contributed by atoms with Crippen molar-refractivity contribution in [3.05, 3.63) is 28.2 Å². The second-order valence-electron chi connectivity index (χ2n) is 5.94. The Balaban J connectivity index is 2.17. The van der Waals surface area contributed by atoms with Gasteiger partial charge in [0.05, 0.1) is 7.11 Å². The number of rotatable bonds is 3. The Morgan fingerprint density at radius 3 is 2.63 bits per heavy atom. The lowest BCUT2D eigenvalue weighted by Crippen LogP contribution is -2.29. The molecule has 2 N–H and O–H groups in total. The topological polar surface area (TPSA) is 35.2 Å². The minimum absolute atomic E-state index is 0.0815. The van der Waals surface area contributed by atoms with Crippen molar-refractivity contribution < 1.29 is 4.74 Å². The molecule has 0 spiro atoms. The standard InChI is InChI=1S/C16H24BrNO/c1-10-4-5-12(8-11(10)2)16(18)14-7-6-13(17)9-15(14)19-3/h6-7,9-12,16H,4-5,8,18H2,1-3H3. The van der Waals surface area contributed by atoms with Gasteiger partial charge in [-0.2, -0.15) is 0 Å². The van der Waals surface area contributed by atoms with Crippen molar-refractivity contribution in [3.63, 3.8) is 0 Å². The molecular weight excluding hydrogens is 302 g/mol. The molecule has 3 heteroatoms. The molecule has 0 heterocycles. The quantitative estimate of drug-likeness (QED) is 0.886. The predicted molar refractivity (Wildman–Crippen MR) is 83.3 cm³/mol. The lowest BCUT2D eigenvalue weighted by molar-refractivity contribution is 0.184. The molecule has 19 heavy (non-hydrogen) atoms. The van der Waals surface area contributed by atoms with Crippen LogP contribution in [0.4, 0.5) is 0 Å². The van der Waals surface area contributed by atoms with E-state index in [1.54, 1.807) is 7.11 Å². The Hall–Kier alpha value is -0.540. The summed E-state index contributed by atoms with van der Waals surface area (Å²) in [6, 6.07) is 6.23. The molecule has 1 aliphatic rings. The smallest absolute Gasteiger partial charge is 0.124 e. The third-order valence-electron chi connectivity index (χ3n) is 4.70. The molecular formula is C16H24BrNO. The predicted octanol–water partition coefficient (Wildman–Crippen LogP) is 4.53. The van der Waals surface area contributed by atoms with Gasteiger partial charge in [-0.15, -0.1) is 0 Å². The van der Waals surface area contributed by atoms with E-state index in [9.17, 15) is 0 Å². The first-order valence-corrected chi connectivity index (χ1v) is 7.91. The first-order valence-electron chi connectivity index (χ1n) is 7.12. The van der Waals surface area contributed by atoms with Gasteiger partial charge in [0.15, 0.2) is 0 Å². The summed E-state index contributed by atoms with van der Waals surface area (Å²) in [7, 11) is 1.71. The van der Waals surface area contributed by atoms with Crippen molar-refractivity contribution in [2.45, 2.75) is 39.2 Å². The molecule has 2 rings (SSSR count). The molecule has 0 aliphatic heterocycles. The van der Waals surface area contributed by atoms with E-state index in [1.165, 1.54) is 19.3 Å². The van der Waals surface area contributed by atoms with Crippen LogP contribution in [-0.2, 0) is 0 Å². The molecule has 0 amide bonds. The number of halogens is 1. The highest BCUT2D eigenvalue weighted by Gasteiger charge is 2.30. The van der Waals surface area contributed by atoms with Gasteiger partial charge in [-0.1, -0.05) is 42.3 Å². The Kier molecular flexibility index (Phi) is 4.91. The summed E-state index contributed by atoms with van der Waals surface area (Å²) < 4.78 is 6.51. The maximum atomic E-state index is 6.51. The number of hydrogen-bond donors (Lipinski definition) is 1. The second-order valence-corrected chi connectivity index (χ2v) is 6.86. The highest BCUT2D eigenvalue weighted by molar-refractivity contribution is 9.10. The van der Waals surface area contributed by atoms with Gasteiger partial charge in [0.25, 0.3) is 0 Å². The van der Waals surface area contributed by atoms with Crippen LogP contribution in [0, 0.1) is 17.8 Å². The van der Waals surface area contributed by atoms with Crippen LogP contribution in [0.2, 0.25) is 0 Å². The van der Waals surface area contributed by atoms with Gasteiger partial charge in [-0.3, -0.25) is 0 Å². The fraction of sp³-hybridized carbons (Fsp3) is 0.625. The lowest BCUT2D eigenvalue weighted by atomic mass is 9.72. The molecule has 4 unspecified atom stereocenters. The summed E-state index contributed by atoms with van der Waals surface area (Å²) in [5.74, 6) is 3.07. The van der Waals surface area contributed by atoms with Crippen molar-refractivity contribution in [2.24, 2.45) is 23.5 Å². The van der Waals surface area contributed by atoms with E-state index in [2.05, 4.69) is 35.8 Å². The lowest BCUT2D eigenvalue weighted by Gasteiger charge is -2.35. The summed E-state index contributed by atoms with van der Waals surface area (Å²) in [4.78, 5) is 0. The molecule has 1 fully saturated rings. The summed E-state index contributed by atoms with van der Waals surface area (Å²) in [6.07, 6.45) is 3.74. The van der Waals surface area contributed by atoms with Crippen molar-refractivity contribution in [1.82, 2.24) is 0 Å². The van der Waals surface area contributed by atoms with Gasteiger partial charge >= 0.3 is 0 Å². The van der Waals surface area contributed by atoms with E-state index in [0.717, 1.165) is 27.6 Å². The highest BCUT2D eigenvalue weighted by atomic mass is 79.9. The normalized spacial score (nSPS) is 29.0. The Bertz CT molecular complexity index is 435. The van der Waals surface area contributed by atoms with Crippen LogP contribution in [0.3, 0.4) is 0 Å². The number of hydrogen-bond acceptors (Lipinski definition) is 2. The van der Waals surface area contributed by atoms with Gasteiger partial charge < -0.3 is 10.5 Å². The molecule has 0 saturated heterocycles. The molecule has 0 radical (unpaired) electrons. The van der Waals surface area contributed by atoms with Crippen LogP contribution in [0.5, 0.6) is 5.75 Å². The van der Waals surface area contributed by atoms with Crippen LogP contribution in [0.15, 0.2) is 22.7 Å². The van der Waals surface area contributed by atoms with Gasteiger partial charge in [-0.25, -0.2) is 0 Å². The average Bonchev–Trinajstić information content (AvgIpc) is 2.41. The minimum atomic E-state index is 0.0815. The molecule has 4 atom stereocenters. The summed E-state index contributed by atoms with van der Waals surface area (Å²) in [6.45, 7) is 4.70. The number of methoxy groups -OCH3 is 1. The Morgan fingerprint density at radius 2 is 2.00 bits per heavy atom. The number of ether oxygens (including phenoxy) is 1. The summed E-state index contributed by atoms with van der Waals surface area (Å²) >= 11 is 3.48. The fourth-order valence-electron chi connectivity index (χ4n) is 3.13. The molecule has 0 bridgehead atoms. The van der Waals surface area contributed by atoms with Gasteiger partial charge in [0.2, 0.25) is 0 Å². The van der Waals surface area contributed by atoms with Crippen molar-refractivity contribution in [3.8, 4) is 5.75 Å². The fourth-order valence-corrected chi connectivity index (χ4v) is 3.47. The first kappa shape index (κ1) is 14.9. The zero-order valence-corrected chi connectivity index (χ0v) is 13.6. The second kappa shape index (κ2) is 6.27. The minimum Gasteiger partial charge on any atom is -0.496 e. The van der Waals surface area contributed by atoms with Crippen LogP contribution in [0.1, 0.15) is 44.7 Å². The molecule has 2 nitrogen and oxygen atoms in total. The van der Waals surface area contributed by atoms with E-state index in [0.29, 0.717) is 5.92 Å². The van der Waals surface area contributed by atoms with Gasteiger partial charge in [0, 0.05) is 16.1 Å². The zero-order chi connectivity index (χ0) is 14.0. The van der Waals surface area contributed by atoms with Crippen LogP contribution < -0.4 is 10.5 Å². The Morgan fingerprint density at radius 1 is 1.26 bits per heavy atom. The number of benzene rings is 1. The van der Waals surface area contributed by atoms with Crippen molar-refractivity contribution in [2.75, 3.05) is 7.11 Å². The summed E-state index contributed by atoms with van der Waals surface area (Å²) in [5, 5.41) is 0. The monoisotopic (exact) mass is 325 g/mol. The largest absolute Gasteiger partial charge is 0.496 e. The average molecular weight is 326 g/mol. The first-order chi connectivity index (χ1) is 9.02. The third-order valence-corrected chi connectivity index (χ3v) is 5.19. The van der Waals surface area contributed by atoms with Crippen LogP contribution in [-0.4, -0.2) is 7.11 Å². The number of nitrogens with two attached hydrogens (primary N) is 1. The van der Waals surface area contributed by atoms with E-state index >= 15 is 0 Å². The third kappa shape index (κ3) is 3.32. The van der Waals surface area contributed by atoms with Crippen LogP contribution in [0.25, 0.3) is 0 Å². The molecule has 1 aromatic rings. The van der Waals surface area contributed by atoms with Gasteiger partial charge in [0.1, 0.15) is 5.75 Å². The van der Waals surface area contributed by atoms with Crippen LogP contribution >= 0.6 is 15.9 Å². The Labute approximate surface area is 124 Å². The maximum Gasteiger partial charge on any atom is 0.124 e. The maximum absolute atomic E-state index is 6.51. The van der Waals surface area contributed by atoms with E-state index in [-0.39, 0.29) is 6.04 Å². The summed E-state index contributed by atoms with van der Waals surface area (Å²) in [5.41, 5.74) is 7.65. The van der Waals surface area contributed by atoms with E-state index in [4.69, 9.17) is 10.5 Å². The van der Waals surface area contributed by atoms with E-state index in [1.807, 2.05) is 12.1 Å². The zero-order valence-electron chi connectivity index (χ0n) is 12.0. The molecule has 1 aromatic carbocycles.